The van der Waals surface area contributed by atoms with Gasteiger partial charge in [-0.3, -0.25) is 4.68 Å². The van der Waals surface area contributed by atoms with Crippen molar-refractivity contribution in [3.05, 3.63) is 18.0 Å². The Bertz CT molecular complexity index is 341. The number of nitrogens with zero attached hydrogens (tertiary/aromatic N) is 2. The fourth-order valence-corrected chi connectivity index (χ4v) is 2.48. The van der Waals surface area contributed by atoms with E-state index in [2.05, 4.69) is 64.2 Å². The third-order valence-electron chi connectivity index (χ3n) is 3.66. The Balaban J connectivity index is 2.70. The van der Waals surface area contributed by atoms with Crippen molar-refractivity contribution in [2.45, 2.75) is 60.0 Å². The van der Waals surface area contributed by atoms with Crippen molar-refractivity contribution in [2.24, 2.45) is 11.8 Å². The summed E-state index contributed by atoms with van der Waals surface area (Å²) in [5.74, 6) is 1.31. The summed E-state index contributed by atoms with van der Waals surface area (Å²) in [6, 6.07) is 3.15. The molecule has 1 aromatic rings. The Hall–Kier alpha value is -0.830. The van der Waals surface area contributed by atoms with Gasteiger partial charge in [0.15, 0.2) is 0 Å². The van der Waals surface area contributed by atoms with Gasteiger partial charge in [-0.2, -0.15) is 5.10 Å². The lowest BCUT2D eigenvalue weighted by atomic mass is 9.85. The molecule has 1 rings (SSSR count). The van der Waals surface area contributed by atoms with Crippen LogP contribution in [0.3, 0.4) is 0 Å². The lowest BCUT2D eigenvalue weighted by Gasteiger charge is -2.27. The number of hydrogen-bond acceptors (Lipinski definition) is 2. The summed E-state index contributed by atoms with van der Waals surface area (Å²) in [7, 11) is 0. The average Bonchev–Trinajstić information content (AvgIpc) is 2.74. The summed E-state index contributed by atoms with van der Waals surface area (Å²) < 4.78 is 2.05. The Kier molecular flexibility index (Phi) is 5.86. The first kappa shape index (κ1) is 15.2. The van der Waals surface area contributed by atoms with E-state index in [0.29, 0.717) is 23.9 Å². The monoisotopic (exact) mass is 251 g/mol. The van der Waals surface area contributed by atoms with Gasteiger partial charge in [0.05, 0.1) is 5.69 Å². The zero-order chi connectivity index (χ0) is 13.7. The minimum atomic E-state index is 0.447. The van der Waals surface area contributed by atoms with Crippen LogP contribution in [0.1, 0.15) is 53.3 Å². The maximum atomic E-state index is 4.66. The molecular weight excluding hydrogens is 222 g/mol. The van der Waals surface area contributed by atoms with Crippen LogP contribution in [0.4, 0.5) is 0 Å². The predicted octanol–water partition coefficient (Wildman–Crippen LogP) is 3.28. The van der Waals surface area contributed by atoms with Gasteiger partial charge in [-0.25, -0.2) is 0 Å². The number of hydrogen-bond donors (Lipinski definition) is 1. The van der Waals surface area contributed by atoms with Crippen molar-refractivity contribution in [3.8, 4) is 0 Å². The third kappa shape index (κ3) is 4.13. The highest BCUT2D eigenvalue weighted by atomic mass is 15.3. The van der Waals surface area contributed by atoms with Crippen LogP contribution in [0.5, 0.6) is 0 Å². The van der Waals surface area contributed by atoms with Gasteiger partial charge in [0, 0.05) is 18.3 Å². The van der Waals surface area contributed by atoms with Gasteiger partial charge in [0.1, 0.15) is 0 Å². The highest BCUT2D eigenvalue weighted by Crippen LogP contribution is 2.20. The fourth-order valence-electron chi connectivity index (χ4n) is 2.48. The van der Waals surface area contributed by atoms with E-state index < -0.39 is 0 Å². The Morgan fingerprint density at radius 1 is 1.22 bits per heavy atom. The fraction of sp³-hybridized carbons (Fsp3) is 0.800. The summed E-state index contributed by atoms with van der Waals surface area (Å²) in [4.78, 5) is 0. The second-order valence-electron chi connectivity index (χ2n) is 5.84. The van der Waals surface area contributed by atoms with Crippen molar-refractivity contribution in [1.82, 2.24) is 15.1 Å². The third-order valence-corrected chi connectivity index (χ3v) is 3.66. The molecule has 1 aromatic heterocycles. The van der Waals surface area contributed by atoms with E-state index in [9.17, 15) is 0 Å². The van der Waals surface area contributed by atoms with Crippen LogP contribution in [0.25, 0.3) is 0 Å². The van der Waals surface area contributed by atoms with Crippen LogP contribution in [0, 0.1) is 11.8 Å². The van der Waals surface area contributed by atoms with Crippen LogP contribution in [0.2, 0.25) is 0 Å². The van der Waals surface area contributed by atoms with E-state index in [1.165, 1.54) is 5.69 Å². The molecule has 0 aliphatic rings. The first-order chi connectivity index (χ1) is 8.45. The normalized spacial score (nSPS) is 15.3. The summed E-state index contributed by atoms with van der Waals surface area (Å²) >= 11 is 0. The van der Waals surface area contributed by atoms with Gasteiger partial charge in [-0.05, 0) is 51.6 Å². The maximum absolute atomic E-state index is 4.66. The van der Waals surface area contributed by atoms with Gasteiger partial charge in [-0.1, -0.05) is 20.8 Å². The van der Waals surface area contributed by atoms with E-state index >= 15 is 0 Å². The molecule has 0 amide bonds. The van der Waals surface area contributed by atoms with Gasteiger partial charge in [-0.15, -0.1) is 0 Å². The van der Waals surface area contributed by atoms with Crippen LogP contribution < -0.4 is 5.32 Å². The second-order valence-corrected chi connectivity index (χ2v) is 5.84. The predicted molar refractivity (Wildman–Crippen MR) is 77.8 cm³/mol. The van der Waals surface area contributed by atoms with Gasteiger partial charge < -0.3 is 5.32 Å². The van der Waals surface area contributed by atoms with Crippen LogP contribution >= 0.6 is 0 Å². The molecule has 0 spiro atoms. The molecule has 104 valence electrons. The molecular formula is C15H29N3. The number of nitrogens with one attached hydrogen (secondary N) is 1. The number of rotatable bonds is 7. The summed E-state index contributed by atoms with van der Waals surface area (Å²) in [5.41, 5.74) is 1.21. The Morgan fingerprint density at radius 2 is 1.89 bits per heavy atom. The minimum Gasteiger partial charge on any atom is -0.314 e. The summed E-state index contributed by atoms with van der Waals surface area (Å²) in [5, 5.41) is 8.21. The van der Waals surface area contributed by atoms with Crippen molar-refractivity contribution < 1.29 is 0 Å². The zero-order valence-electron chi connectivity index (χ0n) is 12.8. The van der Waals surface area contributed by atoms with Gasteiger partial charge in [0.2, 0.25) is 0 Å². The lowest BCUT2D eigenvalue weighted by molar-refractivity contribution is 0.289. The minimum absolute atomic E-state index is 0.447. The molecule has 2 unspecified atom stereocenters. The second kappa shape index (κ2) is 6.93. The molecule has 0 bridgehead atoms. The molecule has 3 nitrogen and oxygen atoms in total. The van der Waals surface area contributed by atoms with E-state index in [4.69, 9.17) is 0 Å². The first-order valence-electron chi connectivity index (χ1n) is 7.23. The Labute approximate surface area is 112 Å². The lowest BCUT2D eigenvalue weighted by Crippen LogP contribution is -2.37. The largest absolute Gasteiger partial charge is 0.314 e. The van der Waals surface area contributed by atoms with Crippen molar-refractivity contribution >= 4 is 0 Å². The molecule has 0 saturated carbocycles. The maximum Gasteiger partial charge on any atom is 0.0628 e. The molecule has 0 aliphatic heterocycles. The molecule has 1 heterocycles. The van der Waals surface area contributed by atoms with E-state index in [-0.39, 0.29) is 0 Å². The van der Waals surface area contributed by atoms with E-state index in [1.807, 2.05) is 4.68 Å². The zero-order valence-corrected chi connectivity index (χ0v) is 12.8. The van der Waals surface area contributed by atoms with Crippen molar-refractivity contribution in [1.29, 1.82) is 0 Å². The van der Waals surface area contributed by atoms with Gasteiger partial charge in [0.25, 0.3) is 0 Å². The standard InChI is InChI=1S/C15H29N3/c1-7-16-13(6)15(11(2)3)10-14-8-9-18(17-14)12(4)5/h8-9,11-13,15-16H,7,10H2,1-6H3. The molecule has 1 N–H and O–H groups in total. The van der Waals surface area contributed by atoms with Crippen LogP contribution in [-0.4, -0.2) is 22.4 Å². The first-order valence-corrected chi connectivity index (χ1v) is 7.23. The van der Waals surface area contributed by atoms with E-state index in [0.717, 1.165) is 13.0 Å². The molecule has 3 heteroatoms. The molecule has 0 aliphatic carbocycles. The smallest absolute Gasteiger partial charge is 0.0628 e. The SMILES string of the molecule is CCNC(C)C(Cc1ccn(C(C)C)n1)C(C)C. The number of aromatic nitrogens is 2. The van der Waals surface area contributed by atoms with Gasteiger partial charge >= 0.3 is 0 Å². The molecule has 0 fully saturated rings. The molecule has 0 saturated heterocycles. The molecule has 0 radical (unpaired) electrons. The quantitative estimate of drug-likeness (QED) is 0.806. The molecule has 0 aromatic carbocycles. The highest BCUT2D eigenvalue weighted by molar-refractivity contribution is 5.02. The van der Waals surface area contributed by atoms with Crippen LogP contribution in [0.15, 0.2) is 12.3 Å². The van der Waals surface area contributed by atoms with Crippen molar-refractivity contribution in [2.75, 3.05) is 6.54 Å². The summed E-state index contributed by atoms with van der Waals surface area (Å²) in [6.07, 6.45) is 3.15. The Morgan fingerprint density at radius 3 is 2.33 bits per heavy atom. The topological polar surface area (TPSA) is 29.9 Å². The van der Waals surface area contributed by atoms with Crippen molar-refractivity contribution in [3.63, 3.8) is 0 Å². The molecule has 2 atom stereocenters. The average molecular weight is 251 g/mol. The van der Waals surface area contributed by atoms with E-state index in [1.54, 1.807) is 0 Å². The highest BCUT2D eigenvalue weighted by Gasteiger charge is 2.21. The molecule has 18 heavy (non-hydrogen) atoms. The summed E-state index contributed by atoms with van der Waals surface area (Å²) in [6.45, 7) is 14.4. The van der Waals surface area contributed by atoms with Crippen LogP contribution in [-0.2, 0) is 6.42 Å².